The number of aryl methyl sites for hydroxylation is 1. The van der Waals surface area contributed by atoms with Crippen LogP contribution in [0.5, 0.6) is 0 Å². The quantitative estimate of drug-likeness (QED) is 0.687. The van der Waals surface area contributed by atoms with Crippen LogP contribution in [0.1, 0.15) is 28.0 Å². The lowest BCUT2D eigenvalue weighted by Gasteiger charge is -2.09. The minimum absolute atomic E-state index is 0.284. The first-order valence-corrected chi connectivity index (χ1v) is 7.02. The van der Waals surface area contributed by atoms with Gasteiger partial charge in [-0.1, -0.05) is 48.5 Å². The molecule has 0 saturated heterocycles. The molecule has 2 aromatic carbocycles. The maximum Gasteiger partial charge on any atom is 0.179 e. The molecular formula is C18H15NO. The minimum Gasteiger partial charge on any atom is -0.333 e. The molecular weight excluding hydrogens is 246 g/mol. The van der Waals surface area contributed by atoms with E-state index in [2.05, 4.69) is 34.9 Å². The summed E-state index contributed by atoms with van der Waals surface area (Å²) in [7, 11) is 0. The summed E-state index contributed by atoms with van der Waals surface area (Å²) in [5, 5.41) is 1.24. The van der Waals surface area contributed by atoms with Gasteiger partial charge in [0, 0.05) is 23.9 Å². The predicted octanol–water partition coefficient (Wildman–Crippen LogP) is 3.82. The third-order valence-electron chi connectivity index (χ3n) is 4.13. The van der Waals surface area contributed by atoms with Gasteiger partial charge in [-0.05, 0) is 23.6 Å². The average molecular weight is 261 g/mol. The third-order valence-corrected chi connectivity index (χ3v) is 4.13. The molecule has 0 saturated carbocycles. The molecule has 0 aliphatic heterocycles. The van der Waals surface area contributed by atoms with Gasteiger partial charge in [0.1, 0.15) is 0 Å². The Bertz CT molecular complexity index is 799. The lowest BCUT2D eigenvalue weighted by Crippen LogP contribution is -2.07. The van der Waals surface area contributed by atoms with Crippen molar-refractivity contribution in [1.29, 1.82) is 0 Å². The molecule has 0 amide bonds. The second kappa shape index (κ2) is 4.34. The molecule has 3 aromatic rings. The van der Waals surface area contributed by atoms with Crippen molar-refractivity contribution in [3.63, 3.8) is 0 Å². The zero-order valence-electron chi connectivity index (χ0n) is 11.2. The van der Waals surface area contributed by atoms with E-state index in [1.54, 1.807) is 0 Å². The first-order valence-electron chi connectivity index (χ1n) is 7.02. The highest BCUT2D eigenvalue weighted by Crippen LogP contribution is 2.33. The molecule has 1 aliphatic rings. The summed E-state index contributed by atoms with van der Waals surface area (Å²) in [4.78, 5) is 12.2. The molecule has 1 aliphatic carbocycles. The molecule has 1 aromatic heterocycles. The van der Waals surface area contributed by atoms with Crippen LogP contribution in [-0.4, -0.2) is 10.4 Å². The number of fused-ring (bicyclic) bond motifs is 3. The second-order valence-electron chi connectivity index (χ2n) is 5.34. The normalized spacial score (nSPS) is 13.9. The number of nitrogens with zero attached hydrogens (tertiary/aromatic N) is 1. The van der Waals surface area contributed by atoms with Crippen LogP contribution in [0.4, 0.5) is 0 Å². The van der Waals surface area contributed by atoms with E-state index >= 15 is 0 Å². The maximum atomic E-state index is 12.2. The Morgan fingerprint density at radius 1 is 0.900 bits per heavy atom. The zero-order valence-corrected chi connectivity index (χ0v) is 11.2. The van der Waals surface area contributed by atoms with Crippen molar-refractivity contribution < 1.29 is 4.79 Å². The van der Waals surface area contributed by atoms with Crippen molar-refractivity contribution in [2.45, 2.75) is 19.4 Å². The summed E-state index contributed by atoms with van der Waals surface area (Å²) in [5.74, 6) is 0.284. The Hall–Kier alpha value is -2.35. The number of carbonyl (C=O) groups is 1. The van der Waals surface area contributed by atoms with Gasteiger partial charge < -0.3 is 4.57 Å². The van der Waals surface area contributed by atoms with Crippen LogP contribution in [0.25, 0.3) is 10.9 Å². The van der Waals surface area contributed by atoms with Gasteiger partial charge in [-0.3, -0.25) is 4.79 Å². The number of Topliss-reactive ketones (excluding diaryl/α,β-unsaturated/α-hetero) is 1. The van der Waals surface area contributed by atoms with Crippen LogP contribution in [0.2, 0.25) is 0 Å². The first-order chi connectivity index (χ1) is 9.84. The fourth-order valence-corrected chi connectivity index (χ4v) is 3.23. The highest BCUT2D eigenvalue weighted by atomic mass is 16.1. The van der Waals surface area contributed by atoms with E-state index in [1.807, 2.05) is 24.3 Å². The largest absolute Gasteiger partial charge is 0.333 e. The summed E-state index contributed by atoms with van der Waals surface area (Å²) in [6.07, 6.45) is 1.54. The molecule has 0 atom stereocenters. The number of hydrogen-bond acceptors (Lipinski definition) is 1. The SMILES string of the molecule is O=C1CCc2c1n(Cc1ccccc1)c1ccccc21. The molecule has 0 N–H and O–H groups in total. The number of hydrogen-bond donors (Lipinski definition) is 0. The third kappa shape index (κ3) is 1.61. The fraction of sp³-hybridized carbons (Fsp3) is 0.167. The number of carbonyl (C=O) groups excluding carboxylic acids is 1. The summed E-state index contributed by atoms with van der Waals surface area (Å²) in [5.41, 5.74) is 4.57. The molecule has 98 valence electrons. The molecule has 0 fully saturated rings. The first kappa shape index (κ1) is 11.5. The van der Waals surface area contributed by atoms with Gasteiger partial charge >= 0.3 is 0 Å². The van der Waals surface area contributed by atoms with Crippen LogP contribution in [0, 0.1) is 0 Å². The van der Waals surface area contributed by atoms with Crippen molar-refractivity contribution in [3.05, 3.63) is 71.4 Å². The zero-order chi connectivity index (χ0) is 13.5. The van der Waals surface area contributed by atoms with Gasteiger partial charge in [-0.2, -0.15) is 0 Å². The molecule has 20 heavy (non-hydrogen) atoms. The van der Waals surface area contributed by atoms with Crippen molar-refractivity contribution in [1.82, 2.24) is 4.57 Å². The van der Waals surface area contributed by atoms with Gasteiger partial charge in [0.15, 0.2) is 5.78 Å². The van der Waals surface area contributed by atoms with Crippen LogP contribution in [-0.2, 0) is 13.0 Å². The number of rotatable bonds is 2. The molecule has 4 rings (SSSR count). The Balaban J connectivity index is 1.94. The van der Waals surface area contributed by atoms with Crippen molar-refractivity contribution in [2.75, 3.05) is 0 Å². The topological polar surface area (TPSA) is 22.0 Å². The van der Waals surface area contributed by atoms with Crippen LogP contribution in [0.15, 0.2) is 54.6 Å². The second-order valence-corrected chi connectivity index (χ2v) is 5.34. The lowest BCUT2D eigenvalue weighted by atomic mass is 10.1. The van der Waals surface area contributed by atoms with Crippen LogP contribution in [0.3, 0.4) is 0 Å². The fourth-order valence-electron chi connectivity index (χ4n) is 3.23. The maximum absolute atomic E-state index is 12.2. The number of ketones is 1. The Labute approximate surface area is 117 Å². The van der Waals surface area contributed by atoms with E-state index in [0.29, 0.717) is 6.42 Å². The van der Waals surface area contributed by atoms with E-state index in [4.69, 9.17) is 0 Å². The summed E-state index contributed by atoms with van der Waals surface area (Å²) < 4.78 is 2.19. The Morgan fingerprint density at radius 2 is 1.65 bits per heavy atom. The number of aromatic nitrogens is 1. The van der Waals surface area contributed by atoms with E-state index in [9.17, 15) is 4.79 Å². The summed E-state index contributed by atoms with van der Waals surface area (Å²) in [6.45, 7) is 0.766. The minimum atomic E-state index is 0.284. The number of benzene rings is 2. The van der Waals surface area contributed by atoms with Gasteiger partial charge in [0.05, 0.1) is 5.69 Å². The molecule has 0 spiro atoms. The van der Waals surface area contributed by atoms with Gasteiger partial charge in [0.2, 0.25) is 0 Å². The molecule has 1 heterocycles. The Morgan fingerprint density at radius 3 is 2.50 bits per heavy atom. The molecule has 0 bridgehead atoms. The standard InChI is InChI=1S/C18H15NO/c20-17-11-10-15-14-8-4-5-9-16(14)19(18(15)17)12-13-6-2-1-3-7-13/h1-9H,10-12H2. The van der Waals surface area contributed by atoms with E-state index in [0.717, 1.165) is 18.7 Å². The Kier molecular flexibility index (Phi) is 2.49. The van der Waals surface area contributed by atoms with Crippen molar-refractivity contribution in [3.8, 4) is 0 Å². The van der Waals surface area contributed by atoms with E-state index in [1.165, 1.54) is 22.0 Å². The average Bonchev–Trinajstić information content (AvgIpc) is 3.01. The van der Waals surface area contributed by atoms with Gasteiger partial charge in [-0.15, -0.1) is 0 Å². The molecule has 0 radical (unpaired) electrons. The molecule has 2 heteroatoms. The van der Waals surface area contributed by atoms with Gasteiger partial charge in [0.25, 0.3) is 0 Å². The molecule has 0 unspecified atom stereocenters. The predicted molar refractivity (Wildman–Crippen MR) is 80.1 cm³/mol. The van der Waals surface area contributed by atoms with E-state index in [-0.39, 0.29) is 5.78 Å². The lowest BCUT2D eigenvalue weighted by molar-refractivity contribution is 0.0987. The van der Waals surface area contributed by atoms with E-state index < -0.39 is 0 Å². The van der Waals surface area contributed by atoms with Crippen LogP contribution < -0.4 is 0 Å². The highest BCUT2D eigenvalue weighted by Gasteiger charge is 2.27. The smallest absolute Gasteiger partial charge is 0.179 e. The molecule has 2 nitrogen and oxygen atoms in total. The summed E-state index contributed by atoms with van der Waals surface area (Å²) >= 11 is 0. The van der Waals surface area contributed by atoms with Crippen LogP contribution >= 0.6 is 0 Å². The van der Waals surface area contributed by atoms with Crippen molar-refractivity contribution in [2.24, 2.45) is 0 Å². The monoisotopic (exact) mass is 261 g/mol. The number of para-hydroxylation sites is 1. The van der Waals surface area contributed by atoms with Gasteiger partial charge in [-0.25, -0.2) is 0 Å². The van der Waals surface area contributed by atoms with Crippen molar-refractivity contribution >= 4 is 16.7 Å². The highest BCUT2D eigenvalue weighted by molar-refractivity contribution is 6.06. The summed E-state index contributed by atoms with van der Waals surface area (Å²) in [6, 6.07) is 18.7.